The van der Waals surface area contributed by atoms with Crippen LogP contribution in [0.4, 0.5) is 0 Å². The second kappa shape index (κ2) is 7.73. The van der Waals surface area contributed by atoms with E-state index in [4.69, 9.17) is 4.74 Å². The predicted molar refractivity (Wildman–Crippen MR) is 88.9 cm³/mol. The molecule has 2 aromatic rings. The Morgan fingerprint density at radius 3 is 2.14 bits per heavy atom. The summed E-state index contributed by atoms with van der Waals surface area (Å²) in [5.74, 6) is 0.232. The number of rotatable bonds is 7. The van der Waals surface area contributed by atoms with Gasteiger partial charge in [-0.25, -0.2) is 0 Å². The molecule has 0 fully saturated rings. The number of methoxy groups -OCH3 is 1. The van der Waals surface area contributed by atoms with Gasteiger partial charge in [0.25, 0.3) is 0 Å². The van der Waals surface area contributed by atoms with Crippen LogP contribution in [0.2, 0.25) is 0 Å². The fourth-order valence-corrected chi connectivity index (χ4v) is 3.94. The van der Waals surface area contributed by atoms with Gasteiger partial charge in [0, 0.05) is 9.75 Å². The Balaban J connectivity index is 2.22. The van der Waals surface area contributed by atoms with E-state index in [1.807, 2.05) is 12.1 Å². The van der Waals surface area contributed by atoms with Gasteiger partial charge in [0.1, 0.15) is 6.04 Å². The Kier molecular flexibility index (Phi) is 5.96. The fourth-order valence-electron chi connectivity index (χ4n) is 2.26. The summed E-state index contributed by atoms with van der Waals surface area (Å²) in [5, 5.41) is 7.61. The zero-order valence-electron chi connectivity index (χ0n) is 12.5. The summed E-state index contributed by atoms with van der Waals surface area (Å²) in [4.78, 5) is 14.5. The summed E-state index contributed by atoms with van der Waals surface area (Å²) in [6.45, 7) is 4.23. The molecule has 3 nitrogen and oxygen atoms in total. The minimum Gasteiger partial charge on any atom is -0.468 e. The van der Waals surface area contributed by atoms with Gasteiger partial charge in [0.05, 0.1) is 13.2 Å². The first-order chi connectivity index (χ1) is 10.1. The molecule has 0 aliphatic rings. The zero-order valence-corrected chi connectivity index (χ0v) is 14.2. The van der Waals surface area contributed by atoms with Gasteiger partial charge in [-0.05, 0) is 35.2 Å². The zero-order chi connectivity index (χ0) is 15.2. The maximum atomic E-state index is 12.0. The van der Waals surface area contributed by atoms with Gasteiger partial charge in [0.2, 0.25) is 0 Å². The molecule has 0 saturated carbocycles. The van der Waals surface area contributed by atoms with Crippen molar-refractivity contribution >= 4 is 28.6 Å². The summed E-state index contributed by atoms with van der Waals surface area (Å²) in [6, 6.07) is 8.05. The molecule has 2 aromatic heterocycles. The number of hydrogen-bond donors (Lipinski definition) is 1. The van der Waals surface area contributed by atoms with Gasteiger partial charge in [-0.3, -0.25) is 10.1 Å². The van der Waals surface area contributed by atoms with Crippen LogP contribution in [0.25, 0.3) is 0 Å². The standard InChI is InChI=1S/C16H21NO2S2/c1-11(2)10-12(16(18)19-3)17-15(13-6-4-8-20-13)14-7-5-9-21-14/h4-9,11-12,15,17H,10H2,1-3H3. The van der Waals surface area contributed by atoms with E-state index in [2.05, 4.69) is 42.1 Å². The van der Waals surface area contributed by atoms with Gasteiger partial charge in [-0.2, -0.15) is 0 Å². The highest BCUT2D eigenvalue weighted by Crippen LogP contribution is 2.30. The summed E-state index contributed by atoms with van der Waals surface area (Å²) in [6.07, 6.45) is 0.764. The summed E-state index contributed by atoms with van der Waals surface area (Å²) in [7, 11) is 1.45. The van der Waals surface area contributed by atoms with Crippen molar-refractivity contribution in [3.8, 4) is 0 Å². The summed E-state index contributed by atoms with van der Waals surface area (Å²) in [5.41, 5.74) is 0. The van der Waals surface area contributed by atoms with E-state index < -0.39 is 0 Å². The first-order valence-corrected chi connectivity index (χ1v) is 8.78. The van der Waals surface area contributed by atoms with Crippen LogP contribution in [-0.4, -0.2) is 19.1 Å². The minimum absolute atomic E-state index is 0.0489. The number of nitrogens with one attached hydrogen (secondary N) is 1. The average Bonchev–Trinajstić information content (AvgIpc) is 3.14. The summed E-state index contributed by atoms with van der Waals surface area (Å²) < 4.78 is 4.95. The van der Waals surface area contributed by atoms with Crippen molar-refractivity contribution in [1.29, 1.82) is 0 Å². The third kappa shape index (κ3) is 4.40. The van der Waals surface area contributed by atoms with Crippen molar-refractivity contribution in [2.24, 2.45) is 5.92 Å². The molecule has 1 unspecified atom stereocenters. The SMILES string of the molecule is COC(=O)C(CC(C)C)NC(c1cccs1)c1cccs1. The van der Waals surface area contributed by atoms with Gasteiger partial charge >= 0.3 is 5.97 Å². The molecule has 5 heteroatoms. The molecule has 2 heterocycles. The molecule has 0 aromatic carbocycles. The highest BCUT2D eigenvalue weighted by atomic mass is 32.1. The maximum absolute atomic E-state index is 12.0. The fraction of sp³-hybridized carbons (Fsp3) is 0.438. The lowest BCUT2D eigenvalue weighted by Crippen LogP contribution is -2.40. The Morgan fingerprint density at radius 1 is 1.19 bits per heavy atom. The van der Waals surface area contributed by atoms with Crippen molar-refractivity contribution in [3.63, 3.8) is 0 Å². The molecule has 1 N–H and O–H groups in total. The van der Waals surface area contributed by atoms with E-state index in [9.17, 15) is 4.79 Å². The largest absolute Gasteiger partial charge is 0.468 e. The normalized spacial score (nSPS) is 12.8. The second-order valence-electron chi connectivity index (χ2n) is 5.34. The Morgan fingerprint density at radius 2 is 1.76 bits per heavy atom. The Labute approximate surface area is 134 Å². The molecule has 0 amide bonds. The van der Waals surface area contributed by atoms with Crippen LogP contribution >= 0.6 is 22.7 Å². The lowest BCUT2D eigenvalue weighted by atomic mass is 10.0. The van der Waals surface area contributed by atoms with Crippen molar-refractivity contribution < 1.29 is 9.53 Å². The van der Waals surface area contributed by atoms with Crippen LogP contribution < -0.4 is 5.32 Å². The number of esters is 1. The molecule has 2 rings (SSSR count). The quantitative estimate of drug-likeness (QED) is 0.780. The highest BCUT2D eigenvalue weighted by Gasteiger charge is 2.26. The number of carbonyl (C=O) groups excluding carboxylic acids is 1. The van der Waals surface area contributed by atoms with Gasteiger partial charge in [0.15, 0.2) is 0 Å². The van der Waals surface area contributed by atoms with Crippen LogP contribution in [-0.2, 0) is 9.53 Å². The first-order valence-electron chi connectivity index (χ1n) is 7.02. The molecule has 0 radical (unpaired) electrons. The van der Waals surface area contributed by atoms with Crippen LogP contribution in [0.5, 0.6) is 0 Å². The summed E-state index contributed by atoms with van der Waals surface area (Å²) >= 11 is 3.40. The molecule has 0 aliphatic heterocycles. The molecule has 1 atom stereocenters. The van der Waals surface area contributed by atoms with Crippen LogP contribution in [0.15, 0.2) is 35.0 Å². The van der Waals surface area contributed by atoms with Crippen LogP contribution in [0.3, 0.4) is 0 Å². The lowest BCUT2D eigenvalue weighted by molar-refractivity contribution is -0.143. The monoisotopic (exact) mass is 323 g/mol. The van der Waals surface area contributed by atoms with E-state index in [1.54, 1.807) is 22.7 Å². The van der Waals surface area contributed by atoms with Gasteiger partial charge < -0.3 is 4.74 Å². The van der Waals surface area contributed by atoms with Crippen LogP contribution in [0.1, 0.15) is 36.1 Å². The molecular weight excluding hydrogens is 302 g/mol. The molecule has 0 spiro atoms. The topological polar surface area (TPSA) is 38.3 Å². The van der Waals surface area contributed by atoms with E-state index in [1.165, 1.54) is 16.9 Å². The molecule has 0 saturated heterocycles. The molecule has 114 valence electrons. The maximum Gasteiger partial charge on any atom is 0.322 e. The third-order valence-electron chi connectivity index (χ3n) is 3.22. The van der Waals surface area contributed by atoms with Crippen molar-refractivity contribution in [1.82, 2.24) is 5.32 Å². The van der Waals surface area contributed by atoms with Crippen molar-refractivity contribution in [3.05, 3.63) is 44.8 Å². The van der Waals surface area contributed by atoms with Gasteiger partial charge in [-0.15, -0.1) is 22.7 Å². The smallest absolute Gasteiger partial charge is 0.322 e. The van der Waals surface area contributed by atoms with E-state index in [-0.39, 0.29) is 18.1 Å². The third-order valence-corrected chi connectivity index (χ3v) is 5.09. The van der Waals surface area contributed by atoms with E-state index in [0.717, 1.165) is 6.42 Å². The first kappa shape index (κ1) is 16.2. The van der Waals surface area contributed by atoms with Crippen LogP contribution in [0, 0.1) is 5.92 Å². The number of thiophene rings is 2. The molecule has 21 heavy (non-hydrogen) atoms. The van der Waals surface area contributed by atoms with E-state index in [0.29, 0.717) is 5.92 Å². The minimum atomic E-state index is -0.288. The second-order valence-corrected chi connectivity index (χ2v) is 7.29. The van der Waals surface area contributed by atoms with Gasteiger partial charge in [-0.1, -0.05) is 26.0 Å². The predicted octanol–water partition coefficient (Wildman–Crippen LogP) is 4.08. The Hall–Kier alpha value is -1.17. The lowest BCUT2D eigenvalue weighted by Gasteiger charge is -2.24. The molecule has 0 aliphatic carbocycles. The number of hydrogen-bond acceptors (Lipinski definition) is 5. The van der Waals surface area contributed by atoms with Crippen molar-refractivity contribution in [2.45, 2.75) is 32.4 Å². The molecular formula is C16H21NO2S2. The van der Waals surface area contributed by atoms with Crippen molar-refractivity contribution in [2.75, 3.05) is 7.11 Å². The van der Waals surface area contributed by atoms with E-state index >= 15 is 0 Å². The average molecular weight is 323 g/mol. The number of carbonyl (C=O) groups is 1. The Bertz CT molecular complexity index is 500. The molecule has 0 bridgehead atoms. The number of ether oxygens (including phenoxy) is 1. The highest BCUT2D eigenvalue weighted by molar-refractivity contribution is 7.11.